The summed E-state index contributed by atoms with van der Waals surface area (Å²) in [6.07, 6.45) is 2.53. The molecule has 0 unspecified atom stereocenters. The quantitative estimate of drug-likeness (QED) is 0.713. The van der Waals surface area contributed by atoms with E-state index in [0.29, 0.717) is 30.2 Å². The van der Waals surface area contributed by atoms with Crippen molar-refractivity contribution in [1.82, 2.24) is 15.1 Å². The number of nitrogens with one attached hydrogen (secondary N) is 2. The van der Waals surface area contributed by atoms with E-state index in [1.165, 1.54) is 25.9 Å². The number of likely N-dealkylation sites (N-methyl/N-ethyl adjacent to an activating group) is 1. The lowest BCUT2D eigenvalue weighted by atomic mass is 9.95. The molecule has 156 valence electrons. The molecule has 1 saturated heterocycles. The van der Waals surface area contributed by atoms with E-state index in [9.17, 15) is 9.59 Å². The highest BCUT2D eigenvalue weighted by Crippen LogP contribution is 2.37. The van der Waals surface area contributed by atoms with Crippen LogP contribution in [0.15, 0.2) is 29.5 Å². The van der Waals surface area contributed by atoms with Crippen LogP contribution in [0.1, 0.15) is 24.4 Å². The summed E-state index contributed by atoms with van der Waals surface area (Å²) in [6, 6.07) is 4.73. The Hall–Kier alpha value is -2.74. The van der Waals surface area contributed by atoms with Crippen LogP contribution in [0.5, 0.6) is 11.5 Å². The van der Waals surface area contributed by atoms with Crippen LogP contribution in [-0.2, 0) is 4.79 Å². The fourth-order valence-electron chi connectivity index (χ4n) is 4.47. The topological polar surface area (TPSA) is 75.5 Å². The lowest BCUT2D eigenvalue weighted by molar-refractivity contribution is -0.886. The molecule has 0 radical (unpaired) electrons. The van der Waals surface area contributed by atoms with Crippen LogP contribution in [-0.4, -0.2) is 75.7 Å². The smallest absolute Gasteiger partial charge is 0.322 e. The van der Waals surface area contributed by atoms with Gasteiger partial charge in [0.2, 0.25) is 0 Å². The van der Waals surface area contributed by atoms with E-state index in [4.69, 9.17) is 9.47 Å². The van der Waals surface area contributed by atoms with E-state index < -0.39 is 6.04 Å². The monoisotopic (exact) mass is 401 g/mol. The van der Waals surface area contributed by atoms with Gasteiger partial charge in [0, 0.05) is 26.0 Å². The second-order valence-corrected chi connectivity index (χ2v) is 7.88. The molecule has 1 atom stereocenters. The maximum Gasteiger partial charge on any atom is 0.322 e. The number of ether oxygens (including phenoxy) is 2. The lowest BCUT2D eigenvalue weighted by Gasteiger charge is -2.31. The molecule has 2 N–H and O–H groups in total. The van der Waals surface area contributed by atoms with Gasteiger partial charge in [0.25, 0.3) is 5.91 Å². The minimum atomic E-state index is -0.519. The zero-order valence-corrected chi connectivity index (χ0v) is 17.3. The number of hydrogen-bond acceptors (Lipinski definition) is 4. The van der Waals surface area contributed by atoms with E-state index >= 15 is 0 Å². The first-order valence-corrected chi connectivity index (χ1v) is 10.1. The maximum absolute atomic E-state index is 13.3. The Morgan fingerprint density at radius 2 is 1.76 bits per heavy atom. The highest BCUT2D eigenvalue weighted by atomic mass is 16.5. The van der Waals surface area contributed by atoms with Crippen molar-refractivity contribution in [3.8, 4) is 11.5 Å². The molecular weight excluding hydrogens is 372 g/mol. The number of amides is 3. The van der Waals surface area contributed by atoms with Gasteiger partial charge in [-0.1, -0.05) is 0 Å². The summed E-state index contributed by atoms with van der Waals surface area (Å²) in [4.78, 5) is 30.9. The Balaban J connectivity index is 1.62. The van der Waals surface area contributed by atoms with Crippen LogP contribution in [0.25, 0.3) is 0 Å². The number of urea groups is 1. The van der Waals surface area contributed by atoms with Gasteiger partial charge in [-0.15, -0.1) is 0 Å². The van der Waals surface area contributed by atoms with Gasteiger partial charge in [0.05, 0.1) is 64.3 Å². The van der Waals surface area contributed by atoms with E-state index in [0.717, 1.165) is 17.8 Å². The van der Waals surface area contributed by atoms with Crippen molar-refractivity contribution in [3.63, 3.8) is 0 Å². The molecule has 8 nitrogen and oxygen atoms in total. The molecule has 3 aliphatic heterocycles. The third-order valence-corrected chi connectivity index (χ3v) is 6.19. The normalized spacial score (nSPS) is 22.2. The predicted octanol–water partition coefficient (Wildman–Crippen LogP) is 0.175. The first-order valence-electron chi connectivity index (χ1n) is 10.1. The Morgan fingerprint density at radius 3 is 2.38 bits per heavy atom. The van der Waals surface area contributed by atoms with Gasteiger partial charge in [-0.05, 0) is 17.7 Å². The van der Waals surface area contributed by atoms with Crippen molar-refractivity contribution in [2.24, 2.45) is 0 Å². The van der Waals surface area contributed by atoms with Crippen LogP contribution < -0.4 is 19.7 Å². The van der Waals surface area contributed by atoms with Crippen molar-refractivity contribution < 1.29 is 24.0 Å². The number of quaternary nitrogens is 1. The van der Waals surface area contributed by atoms with Gasteiger partial charge in [0.15, 0.2) is 0 Å². The van der Waals surface area contributed by atoms with Crippen LogP contribution >= 0.6 is 0 Å². The number of nitrogens with zero attached hydrogens (tertiary/aromatic N) is 2. The molecule has 1 aromatic rings. The summed E-state index contributed by atoms with van der Waals surface area (Å²) in [5.41, 5.74) is 2.19. The summed E-state index contributed by atoms with van der Waals surface area (Å²) in [6.45, 7) is 4.50. The van der Waals surface area contributed by atoms with Crippen LogP contribution in [0, 0.1) is 0 Å². The summed E-state index contributed by atoms with van der Waals surface area (Å²) in [5, 5.41) is 2.97. The Kier molecular flexibility index (Phi) is 5.36. The number of rotatable bonds is 6. The minimum absolute atomic E-state index is 0.00256. The van der Waals surface area contributed by atoms with E-state index in [2.05, 4.69) is 5.32 Å². The average Bonchev–Trinajstić information content (AvgIpc) is 3.37. The lowest BCUT2D eigenvalue weighted by Crippen LogP contribution is -3.10. The molecule has 4 rings (SSSR count). The van der Waals surface area contributed by atoms with Crippen molar-refractivity contribution >= 4 is 11.9 Å². The van der Waals surface area contributed by atoms with Crippen LogP contribution in [0.4, 0.5) is 4.79 Å². The van der Waals surface area contributed by atoms with Gasteiger partial charge < -0.3 is 24.6 Å². The molecule has 0 bridgehead atoms. The molecule has 1 fully saturated rings. The van der Waals surface area contributed by atoms with E-state index in [-0.39, 0.29) is 11.9 Å². The zero-order chi connectivity index (χ0) is 20.5. The van der Waals surface area contributed by atoms with E-state index in [1.54, 1.807) is 37.1 Å². The fraction of sp³-hybridized carbons (Fsp3) is 0.524. The first kappa shape index (κ1) is 19.6. The molecule has 3 amide bonds. The number of carbonyl (C=O) groups excluding carboxylic acids is 2. The summed E-state index contributed by atoms with van der Waals surface area (Å²) in [5.74, 6) is 1.24. The Bertz CT molecular complexity index is 825. The number of benzene rings is 1. The van der Waals surface area contributed by atoms with Crippen molar-refractivity contribution in [1.29, 1.82) is 0 Å². The molecule has 29 heavy (non-hydrogen) atoms. The molecule has 3 heterocycles. The van der Waals surface area contributed by atoms with Gasteiger partial charge >= 0.3 is 6.03 Å². The maximum atomic E-state index is 13.3. The number of hydrogen-bond donors (Lipinski definition) is 2. The largest absolute Gasteiger partial charge is 0.497 e. The van der Waals surface area contributed by atoms with Crippen LogP contribution in [0.2, 0.25) is 0 Å². The summed E-state index contributed by atoms with van der Waals surface area (Å²) < 4.78 is 10.7. The number of carbonyl (C=O) groups is 2. The molecule has 1 aromatic carbocycles. The molecular formula is C21H29N4O4+. The Labute approximate surface area is 171 Å². The highest BCUT2D eigenvalue weighted by molar-refractivity contribution is 6.01. The third kappa shape index (κ3) is 3.64. The average molecular weight is 401 g/mol. The molecule has 0 saturated carbocycles. The van der Waals surface area contributed by atoms with Crippen LogP contribution in [0.3, 0.4) is 0 Å². The summed E-state index contributed by atoms with van der Waals surface area (Å²) in [7, 11) is 4.88. The third-order valence-electron chi connectivity index (χ3n) is 6.19. The summed E-state index contributed by atoms with van der Waals surface area (Å²) >= 11 is 0. The molecule has 0 spiro atoms. The fourth-order valence-corrected chi connectivity index (χ4v) is 4.47. The number of methoxy groups -OCH3 is 2. The zero-order valence-electron chi connectivity index (χ0n) is 17.3. The predicted molar refractivity (Wildman–Crippen MR) is 107 cm³/mol. The van der Waals surface area contributed by atoms with Gasteiger partial charge in [0.1, 0.15) is 11.5 Å². The second kappa shape index (κ2) is 7.94. The molecule has 8 heteroatoms. The highest BCUT2D eigenvalue weighted by Gasteiger charge is 2.43. The Morgan fingerprint density at radius 1 is 1.10 bits per heavy atom. The van der Waals surface area contributed by atoms with Crippen molar-refractivity contribution in [2.75, 3.05) is 54.0 Å². The minimum Gasteiger partial charge on any atom is -0.497 e. The number of likely N-dealkylation sites (tertiary alicyclic amines) is 1. The van der Waals surface area contributed by atoms with E-state index in [1.807, 2.05) is 17.0 Å². The first-order chi connectivity index (χ1) is 14.0. The van der Waals surface area contributed by atoms with Crippen molar-refractivity contribution in [3.05, 3.63) is 35.0 Å². The van der Waals surface area contributed by atoms with Gasteiger partial charge in [-0.2, -0.15) is 0 Å². The molecule has 3 aliphatic rings. The van der Waals surface area contributed by atoms with Gasteiger partial charge in [-0.25, -0.2) is 4.79 Å². The standard InChI is InChI=1S/C21H28N4O4/c1-23-17-13-25(9-8-24-6-4-5-7-24)20(26)18(17)19(22-21(23)27)14-10-15(28-2)12-16(11-14)29-3/h10-12,19H,4-9,13H2,1-3H3,(H,22,27)/p+1/t19-/m0/s1. The van der Waals surface area contributed by atoms with Crippen molar-refractivity contribution in [2.45, 2.75) is 18.9 Å². The SMILES string of the molecule is COc1cc(OC)cc([C@@H]2NC(=O)N(C)C3=C2C(=O)N(CC[NH+]2CCCC2)C3)c1. The second-order valence-electron chi connectivity index (χ2n) is 7.88. The molecule has 0 aromatic heterocycles. The molecule has 0 aliphatic carbocycles. The van der Waals surface area contributed by atoms with Gasteiger partial charge in [-0.3, -0.25) is 9.69 Å².